The Hall–Kier alpha value is -3.02. The molecule has 0 nitrogen and oxygen atoms in total. The van der Waals surface area contributed by atoms with Gasteiger partial charge < -0.3 is 0 Å². The van der Waals surface area contributed by atoms with Crippen molar-refractivity contribution in [3.05, 3.63) is 143 Å². The van der Waals surface area contributed by atoms with Crippen LogP contribution in [0.4, 0.5) is 0 Å². The first-order chi connectivity index (χ1) is 16.3. The van der Waals surface area contributed by atoms with Gasteiger partial charge in [-0.05, 0) is 0 Å². The Morgan fingerprint density at radius 1 is 0.545 bits per heavy atom. The zero-order valence-electron chi connectivity index (χ0n) is 18.7. The van der Waals surface area contributed by atoms with Crippen LogP contribution in [0.1, 0.15) is 12.5 Å². The molecule has 0 aromatic heterocycles. The summed E-state index contributed by atoms with van der Waals surface area (Å²) in [7, 11) is 0. The summed E-state index contributed by atoms with van der Waals surface area (Å²) in [5.74, 6) is 0. The number of fused-ring (bicyclic) bond motifs is 2. The molecule has 1 aliphatic carbocycles. The van der Waals surface area contributed by atoms with Gasteiger partial charge in [0.2, 0.25) is 0 Å². The van der Waals surface area contributed by atoms with Crippen molar-refractivity contribution in [3.63, 3.8) is 0 Å². The summed E-state index contributed by atoms with van der Waals surface area (Å²) >= 11 is -2.52. The molecule has 0 saturated heterocycles. The van der Waals surface area contributed by atoms with E-state index in [4.69, 9.17) is 0 Å². The molecule has 1 heteroatoms. The summed E-state index contributed by atoms with van der Waals surface area (Å²) in [4.78, 5) is 0. The maximum atomic E-state index is 2.53. The minimum atomic E-state index is -2.52. The van der Waals surface area contributed by atoms with Gasteiger partial charge >= 0.3 is 204 Å². The summed E-state index contributed by atoms with van der Waals surface area (Å²) in [5.41, 5.74) is 1.27. The van der Waals surface area contributed by atoms with Crippen molar-refractivity contribution in [1.29, 1.82) is 0 Å². The molecule has 5 aromatic rings. The Morgan fingerprint density at radius 3 is 1.85 bits per heavy atom. The molecule has 0 fully saturated rings. The number of hydrogen-bond acceptors (Lipinski definition) is 0. The molecule has 5 aromatic carbocycles. The van der Waals surface area contributed by atoms with Gasteiger partial charge in [-0.3, -0.25) is 0 Å². The van der Waals surface area contributed by atoms with E-state index in [1.165, 1.54) is 33.3 Å². The Labute approximate surface area is 203 Å². The van der Waals surface area contributed by atoms with E-state index >= 15 is 0 Å². The van der Waals surface area contributed by atoms with Crippen LogP contribution in [0.3, 0.4) is 0 Å². The Bertz CT molecular complexity index is 1520. The van der Waals surface area contributed by atoms with Crippen molar-refractivity contribution < 1.29 is 21.8 Å². The molecule has 0 heterocycles. The van der Waals surface area contributed by atoms with E-state index in [0.29, 0.717) is 0 Å². The monoisotopic (exact) mass is 499 g/mol. The Balaban J connectivity index is 1.71. The van der Waals surface area contributed by atoms with Crippen molar-refractivity contribution in [2.75, 3.05) is 0 Å². The molecule has 0 radical (unpaired) electrons. The van der Waals surface area contributed by atoms with Gasteiger partial charge in [0.25, 0.3) is 0 Å². The van der Waals surface area contributed by atoms with Gasteiger partial charge in [0.15, 0.2) is 0 Å². The second-order valence-electron chi connectivity index (χ2n) is 8.94. The maximum absolute atomic E-state index is 2.53. The van der Waals surface area contributed by atoms with Crippen LogP contribution < -0.4 is 17.0 Å². The van der Waals surface area contributed by atoms with Crippen molar-refractivity contribution in [1.82, 2.24) is 0 Å². The van der Waals surface area contributed by atoms with Gasteiger partial charge in [0.1, 0.15) is 0 Å². The van der Waals surface area contributed by atoms with Gasteiger partial charge in [-0.15, -0.1) is 0 Å². The van der Waals surface area contributed by atoms with Gasteiger partial charge in [-0.2, -0.15) is 0 Å². The van der Waals surface area contributed by atoms with E-state index in [1.54, 1.807) is 3.28 Å². The van der Waals surface area contributed by atoms with Crippen LogP contribution in [0, 0.1) is 0 Å². The van der Waals surface area contributed by atoms with Crippen LogP contribution in [0.15, 0.2) is 127 Å². The summed E-state index contributed by atoms with van der Waals surface area (Å²) in [5, 5.41) is 5.47. The van der Waals surface area contributed by atoms with Crippen molar-refractivity contribution in [2.45, 2.75) is 12.3 Å². The van der Waals surface area contributed by atoms with Crippen LogP contribution in [0.2, 0.25) is 0 Å². The molecule has 0 saturated carbocycles. The molecule has 6 rings (SSSR count). The average Bonchev–Trinajstić information content (AvgIpc) is 3.18. The van der Waals surface area contributed by atoms with Crippen molar-refractivity contribution >= 4 is 26.7 Å². The topological polar surface area (TPSA) is 0 Å². The van der Waals surface area contributed by atoms with Crippen LogP contribution in [0.5, 0.6) is 0 Å². The van der Waals surface area contributed by atoms with E-state index in [2.05, 4.69) is 140 Å². The summed E-state index contributed by atoms with van der Waals surface area (Å²) < 4.78 is 4.70. The van der Waals surface area contributed by atoms with Crippen molar-refractivity contribution in [2.24, 2.45) is 0 Å². The third-order valence-corrected chi connectivity index (χ3v) is 14.6. The molecule has 0 N–H and O–H groups in total. The number of hydrogen-bond donors (Lipinski definition) is 0. The zero-order chi connectivity index (χ0) is 22.3. The van der Waals surface area contributed by atoms with Gasteiger partial charge in [-0.1, -0.05) is 0 Å². The molecule has 33 heavy (non-hydrogen) atoms. The van der Waals surface area contributed by atoms with Gasteiger partial charge in [-0.25, -0.2) is 0 Å². The standard InChI is InChI=1S/C20H15.2C6H5.Zr/c1-20(13-16-8-2-3-9-17(16)14-20)19-12-6-10-15-7-4-5-11-18(15)19;2*1-2-4-6-5-3-1;/h2-13H,1H3;2*1-5H;. The average molecular weight is 501 g/mol. The predicted octanol–water partition coefficient (Wildman–Crippen LogP) is 4.97. The number of rotatable bonds is 4. The van der Waals surface area contributed by atoms with E-state index in [9.17, 15) is 0 Å². The van der Waals surface area contributed by atoms with E-state index < -0.39 is 21.8 Å². The van der Waals surface area contributed by atoms with E-state index in [-0.39, 0.29) is 5.41 Å². The molecule has 0 amide bonds. The fourth-order valence-electron chi connectivity index (χ4n) is 5.46. The van der Waals surface area contributed by atoms with Gasteiger partial charge in [0.05, 0.1) is 0 Å². The molecule has 1 atom stereocenters. The van der Waals surface area contributed by atoms with Crippen molar-refractivity contribution in [3.8, 4) is 0 Å². The molecule has 0 aliphatic heterocycles. The van der Waals surface area contributed by atoms with E-state index in [0.717, 1.165) is 0 Å². The first kappa shape index (κ1) is 20.6. The molecule has 1 unspecified atom stereocenters. The third kappa shape index (κ3) is 3.47. The zero-order valence-corrected chi connectivity index (χ0v) is 21.2. The van der Waals surface area contributed by atoms with Gasteiger partial charge in [0, 0.05) is 0 Å². The molecule has 157 valence electrons. The first-order valence-electron chi connectivity index (χ1n) is 11.5. The number of benzene rings is 5. The minimum absolute atomic E-state index is 0.148. The molecule has 0 bridgehead atoms. The molecular weight excluding hydrogens is 476 g/mol. The van der Waals surface area contributed by atoms with Crippen LogP contribution in [-0.2, 0) is 27.2 Å². The normalized spacial score (nSPS) is 16.9. The van der Waals surface area contributed by atoms with E-state index in [1.807, 2.05) is 0 Å². The van der Waals surface area contributed by atoms with Crippen LogP contribution in [-0.4, -0.2) is 0 Å². The summed E-state index contributed by atoms with van der Waals surface area (Å²) in [6.45, 7) is 2.45. The fraction of sp³-hybridized carbons (Fsp3) is 0.0625. The first-order valence-corrected chi connectivity index (χ1v) is 15.2. The quantitative estimate of drug-likeness (QED) is 0.327. The fourth-order valence-corrected chi connectivity index (χ4v) is 13.3. The molecule has 1 aliphatic rings. The Kier molecular flexibility index (Phi) is 5.24. The second kappa shape index (κ2) is 8.40. The third-order valence-electron chi connectivity index (χ3n) is 6.92. The van der Waals surface area contributed by atoms with Crippen LogP contribution in [0.25, 0.3) is 20.1 Å². The SMILES string of the molecule is CC1(c2cccc3ccccc23)C=c2ccccc2=[C]1[Zr]([c]1ccccc1)[c]1ccccc1. The molecular formula is C32H25Zr. The predicted molar refractivity (Wildman–Crippen MR) is 137 cm³/mol. The Morgan fingerprint density at radius 2 is 1.12 bits per heavy atom. The van der Waals surface area contributed by atoms with Crippen LogP contribution >= 0.6 is 0 Å². The second-order valence-corrected chi connectivity index (χ2v) is 14.9. The molecule has 0 spiro atoms. The summed E-state index contributed by atoms with van der Waals surface area (Å²) in [6, 6.07) is 47.2. The summed E-state index contributed by atoms with van der Waals surface area (Å²) in [6.07, 6.45) is 2.53.